The van der Waals surface area contributed by atoms with E-state index in [-0.39, 0.29) is 18.1 Å². The fraction of sp³-hybridized carbons (Fsp3) is 0.846. The summed E-state index contributed by atoms with van der Waals surface area (Å²) in [5, 5.41) is 8.99. The van der Waals surface area contributed by atoms with Crippen LogP contribution in [-0.2, 0) is 4.74 Å². The molecule has 0 aromatic carbocycles. The molecular formula is C13H22N2O2. The van der Waals surface area contributed by atoms with E-state index in [0.29, 0.717) is 6.54 Å². The number of carbonyl (C=O) groups is 1. The molecule has 0 aliphatic carbocycles. The lowest BCUT2D eigenvalue weighted by atomic mass is 9.93. The summed E-state index contributed by atoms with van der Waals surface area (Å²) < 4.78 is 5.38. The van der Waals surface area contributed by atoms with Gasteiger partial charge in [-0.15, -0.1) is 0 Å². The van der Waals surface area contributed by atoms with Gasteiger partial charge in [-0.3, -0.25) is 0 Å². The summed E-state index contributed by atoms with van der Waals surface area (Å²) in [6.45, 7) is 8.14. The standard InChI is InChI=1S/C13H22N2O2/c1-10(9-14)11-7-5-6-8-15(11)12(16)17-13(2,3)4/h10-11H,5-8H2,1-4H3. The molecule has 0 radical (unpaired) electrons. The first-order valence-electron chi connectivity index (χ1n) is 6.24. The first-order chi connectivity index (χ1) is 7.85. The summed E-state index contributed by atoms with van der Waals surface area (Å²) in [6.07, 6.45) is 2.68. The van der Waals surface area contributed by atoms with Gasteiger partial charge in [-0.05, 0) is 47.0 Å². The van der Waals surface area contributed by atoms with Crippen LogP contribution in [0.3, 0.4) is 0 Å². The summed E-state index contributed by atoms with van der Waals surface area (Å²) in [5.41, 5.74) is -0.477. The van der Waals surface area contributed by atoms with Crippen molar-refractivity contribution in [3.8, 4) is 6.07 Å². The van der Waals surface area contributed by atoms with Crippen molar-refractivity contribution in [2.24, 2.45) is 5.92 Å². The van der Waals surface area contributed by atoms with E-state index in [1.807, 2.05) is 27.7 Å². The number of amides is 1. The minimum absolute atomic E-state index is 0.00333. The zero-order valence-electron chi connectivity index (χ0n) is 11.2. The highest BCUT2D eigenvalue weighted by Crippen LogP contribution is 2.25. The maximum atomic E-state index is 12.0. The number of nitrogens with zero attached hydrogens (tertiary/aromatic N) is 2. The Morgan fingerprint density at radius 1 is 1.47 bits per heavy atom. The Bertz CT molecular complexity index is 314. The fourth-order valence-corrected chi connectivity index (χ4v) is 2.11. The predicted molar refractivity (Wildman–Crippen MR) is 65.4 cm³/mol. The number of rotatable bonds is 1. The number of piperidine rings is 1. The van der Waals surface area contributed by atoms with Crippen LogP contribution in [-0.4, -0.2) is 29.2 Å². The van der Waals surface area contributed by atoms with E-state index in [9.17, 15) is 4.79 Å². The maximum Gasteiger partial charge on any atom is 0.410 e. The Balaban J connectivity index is 2.72. The third kappa shape index (κ3) is 3.92. The Morgan fingerprint density at radius 3 is 2.65 bits per heavy atom. The van der Waals surface area contributed by atoms with Gasteiger partial charge in [-0.2, -0.15) is 5.26 Å². The Labute approximate surface area is 104 Å². The summed E-state index contributed by atoms with van der Waals surface area (Å²) in [5.74, 6) is -0.136. The molecule has 1 aliphatic heterocycles. The van der Waals surface area contributed by atoms with Crippen LogP contribution in [0.15, 0.2) is 0 Å². The second-order valence-electron chi connectivity index (χ2n) is 5.65. The van der Waals surface area contributed by atoms with Crippen molar-refractivity contribution in [1.29, 1.82) is 5.26 Å². The van der Waals surface area contributed by atoms with E-state index in [0.717, 1.165) is 19.3 Å². The van der Waals surface area contributed by atoms with Crippen molar-refractivity contribution in [2.75, 3.05) is 6.54 Å². The van der Waals surface area contributed by atoms with Crippen molar-refractivity contribution in [3.05, 3.63) is 0 Å². The Morgan fingerprint density at radius 2 is 2.12 bits per heavy atom. The second-order valence-corrected chi connectivity index (χ2v) is 5.65. The van der Waals surface area contributed by atoms with Crippen LogP contribution in [0.2, 0.25) is 0 Å². The highest BCUT2D eigenvalue weighted by molar-refractivity contribution is 5.68. The minimum Gasteiger partial charge on any atom is -0.444 e. The molecule has 0 bridgehead atoms. The number of ether oxygens (including phenoxy) is 1. The molecule has 1 fully saturated rings. The lowest BCUT2D eigenvalue weighted by molar-refractivity contribution is 0.00581. The van der Waals surface area contributed by atoms with Crippen molar-refractivity contribution in [1.82, 2.24) is 4.90 Å². The molecule has 96 valence electrons. The summed E-state index contributed by atoms with van der Waals surface area (Å²) in [6, 6.07) is 2.24. The van der Waals surface area contributed by atoms with Crippen LogP contribution >= 0.6 is 0 Å². The normalized spacial score (nSPS) is 22.8. The van der Waals surface area contributed by atoms with Gasteiger partial charge in [0.05, 0.1) is 18.0 Å². The number of hydrogen-bond acceptors (Lipinski definition) is 3. The number of nitriles is 1. The van der Waals surface area contributed by atoms with E-state index < -0.39 is 5.60 Å². The molecule has 17 heavy (non-hydrogen) atoms. The largest absolute Gasteiger partial charge is 0.444 e. The van der Waals surface area contributed by atoms with E-state index in [1.165, 1.54) is 0 Å². The van der Waals surface area contributed by atoms with Crippen LogP contribution in [0.4, 0.5) is 4.79 Å². The van der Waals surface area contributed by atoms with E-state index in [1.54, 1.807) is 4.90 Å². The minimum atomic E-state index is -0.477. The molecule has 0 N–H and O–H groups in total. The molecule has 1 aliphatic rings. The zero-order chi connectivity index (χ0) is 13.1. The van der Waals surface area contributed by atoms with Gasteiger partial charge in [0.25, 0.3) is 0 Å². The molecule has 4 heteroatoms. The molecule has 1 rings (SSSR count). The molecule has 0 aromatic heterocycles. The molecule has 4 nitrogen and oxygen atoms in total. The van der Waals surface area contributed by atoms with Crippen molar-refractivity contribution in [2.45, 2.75) is 58.6 Å². The summed E-state index contributed by atoms with van der Waals surface area (Å²) in [4.78, 5) is 13.8. The highest BCUT2D eigenvalue weighted by Gasteiger charge is 2.33. The quantitative estimate of drug-likeness (QED) is 0.705. The molecular weight excluding hydrogens is 216 g/mol. The van der Waals surface area contributed by atoms with Crippen molar-refractivity contribution >= 4 is 6.09 Å². The number of carbonyl (C=O) groups excluding carboxylic acids is 1. The smallest absolute Gasteiger partial charge is 0.410 e. The Hall–Kier alpha value is -1.24. The lowest BCUT2D eigenvalue weighted by Crippen LogP contribution is -2.48. The van der Waals surface area contributed by atoms with Crippen LogP contribution in [0.25, 0.3) is 0 Å². The van der Waals surface area contributed by atoms with E-state index >= 15 is 0 Å². The van der Waals surface area contributed by atoms with Gasteiger partial charge >= 0.3 is 6.09 Å². The van der Waals surface area contributed by atoms with Crippen LogP contribution in [0.1, 0.15) is 47.0 Å². The van der Waals surface area contributed by atoms with Crippen molar-refractivity contribution < 1.29 is 9.53 Å². The average molecular weight is 238 g/mol. The van der Waals surface area contributed by atoms with Gasteiger partial charge in [-0.1, -0.05) is 0 Å². The van der Waals surface area contributed by atoms with Crippen LogP contribution in [0.5, 0.6) is 0 Å². The monoisotopic (exact) mass is 238 g/mol. The average Bonchev–Trinajstić information content (AvgIpc) is 2.25. The third-order valence-corrected chi connectivity index (χ3v) is 2.96. The first kappa shape index (κ1) is 13.8. The molecule has 1 heterocycles. The van der Waals surface area contributed by atoms with Crippen molar-refractivity contribution in [3.63, 3.8) is 0 Å². The zero-order valence-corrected chi connectivity index (χ0v) is 11.2. The molecule has 1 amide bonds. The Kier molecular flexibility index (Phi) is 4.39. The van der Waals surface area contributed by atoms with Gasteiger partial charge in [-0.25, -0.2) is 4.79 Å². The molecule has 0 aromatic rings. The molecule has 2 atom stereocenters. The number of hydrogen-bond donors (Lipinski definition) is 0. The van der Waals surface area contributed by atoms with Gasteiger partial charge in [0, 0.05) is 6.54 Å². The van der Waals surface area contributed by atoms with Crippen LogP contribution in [0, 0.1) is 17.2 Å². The predicted octanol–water partition coefficient (Wildman–Crippen LogP) is 2.94. The van der Waals surface area contributed by atoms with Gasteiger partial charge < -0.3 is 9.64 Å². The third-order valence-electron chi connectivity index (χ3n) is 2.96. The first-order valence-corrected chi connectivity index (χ1v) is 6.24. The topological polar surface area (TPSA) is 53.3 Å². The van der Waals surface area contributed by atoms with Gasteiger partial charge in [0.1, 0.15) is 5.60 Å². The van der Waals surface area contributed by atoms with Gasteiger partial charge in [0.2, 0.25) is 0 Å². The lowest BCUT2D eigenvalue weighted by Gasteiger charge is -2.37. The second kappa shape index (κ2) is 5.39. The molecule has 1 saturated heterocycles. The van der Waals surface area contributed by atoms with E-state index in [4.69, 9.17) is 10.00 Å². The van der Waals surface area contributed by atoms with E-state index in [2.05, 4.69) is 6.07 Å². The van der Waals surface area contributed by atoms with Gasteiger partial charge in [0.15, 0.2) is 0 Å². The van der Waals surface area contributed by atoms with Crippen LogP contribution < -0.4 is 0 Å². The SMILES string of the molecule is CC(C#N)C1CCCCN1C(=O)OC(C)(C)C. The number of likely N-dealkylation sites (tertiary alicyclic amines) is 1. The molecule has 0 saturated carbocycles. The summed E-state index contributed by atoms with van der Waals surface area (Å²) in [7, 11) is 0. The summed E-state index contributed by atoms with van der Waals surface area (Å²) >= 11 is 0. The molecule has 0 spiro atoms. The molecule has 2 unspecified atom stereocenters. The fourth-order valence-electron chi connectivity index (χ4n) is 2.11. The highest BCUT2D eigenvalue weighted by atomic mass is 16.6. The maximum absolute atomic E-state index is 12.0.